The molecule has 0 amide bonds. The number of aromatic nitrogens is 2. The molecule has 31 heavy (non-hydrogen) atoms. The highest BCUT2D eigenvalue weighted by molar-refractivity contribution is 5.57. The molecule has 1 aromatic carbocycles. The Balaban J connectivity index is 1.61. The van der Waals surface area contributed by atoms with Crippen molar-refractivity contribution in [2.75, 3.05) is 37.6 Å². The van der Waals surface area contributed by atoms with Gasteiger partial charge in [-0.25, -0.2) is 4.39 Å². The highest BCUT2D eigenvalue weighted by Crippen LogP contribution is 2.30. The highest BCUT2D eigenvalue weighted by atomic mass is 19.1. The van der Waals surface area contributed by atoms with Gasteiger partial charge < -0.3 is 9.64 Å². The molecule has 1 aliphatic carbocycles. The molecule has 0 N–H and O–H groups in total. The number of alkyl halides is 1. The van der Waals surface area contributed by atoms with Crippen LogP contribution in [0.15, 0.2) is 41.3 Å². The number of hydrogen-bond acceptors (Lipinski definition) is 5. The van der Waals surface area contributed by atoms with Crippen LogP contribution in [-0.4, -0.2) is 59.7 Å². The van der Waals surface area contributed by atoms with Crippen LogP contribution in [0.3, 0.4) is 0 Å². The molecular weight excluding hydrogens is 395 g/mol. The summed E-state index contributed by atoms with van der Waals surface area (Å²) in [6.45, 7) is 9.11. The zero-order valence-electron chi connectivity index (χ0n) is 18.5. The summed E-state index contributed by atoms with van der Waals surface area (Å²) < 4.78 is 21.3. The second-order valence-corrected chi connectivity index (χ2v) is 9.08. The van der Waals surface area contributed by atoms with E-state index in [0.29, 0.717) is 43.0 Å². The van der Waals surface area contributed by atoms with Gasteiger partial charge in [-0.15, -0.1) is 0 Å². The zero-order valence-corrected chi connectivity index (χ0v) is 18.5. The molecular formula is C24H33FN4O2. The summed E-state index contributed by atoms with van der Waals surface area (Å²) in [7, 11) is 0. The molecule has 1 saturated heterocycles. The third-order valence-electron chi connectivity index (χ3n) is 6.14. The fraction of sp³-hybridized carbons (Fsp3) is 0.583. The van der Waals surface area contributed by atoms with Gasteiger partial charge in [0.1, 0.15) is 11.9 Å². The number of anilines is 1. The average Bonchev–Trinajstić information content (AvgIpc) is 2.77. The lowest BCUT2D eigenvalue weighted by Gasteiger charge is -2.37. The van der Waals surface area contributed by atoms with Crippen molar-refractivity contribution in [1.29, 1.82) is 0 Å². The molecule has 2 fully saturated rings. The van der Waals surface area contributed by atoms with Crippen LogP contribution in [0.5, 0.6) is 5.75 Å². The van der Waals surface area contributed by atoms with Crippen molar-refractivity contribution in [3.8, 4) is 11.4 Å². The molecule has 1 aromatic heterocycles. The molecule has 4 rings (SSSR count). The Labute approximate surface area is 183 Å². The van der Waals surface area contributed by atoms with E-state index >= 15 is 0 Å². The summed E-state index contributed by atoms with van der Waals surface area (Å²) in [5.74, 6) is 0.978. The summed E-state index contributed by atoms with van der Waals surface area (Å²) in [4.78, 5) is 18.1. The molecule has 0 bridgehead atoms. The summed E-state index contributed by atoms with van der Waals surface area (Å²) in [6, 6.07) is 9.39. The quantitative estimate of drug-likeness (QED) is 0.703. The van der Waals surface area contributed by atoms with Gasteiger partial charge in [0.25, 0.3) is 0 Å². The maximum atomic E-state index is 13.6. The van der Waals surface area contributed by atoms with Gasteiger partial charge >= 0.3 is 5.56 Å². The van der Waals surface area contributed by atoms with Crippen molar-refractivity contribution in [2.45, 2.75) is 51.8 Å². The van der Waals surface area contributed by atoms with Crippen LogP contribution in [0.1, 0.15) is 39.5 Å². The third kappa shape index (κ3) is 5.26. The van der Waals surface area contributed by atoms with Crippen LogP contribution in [0, 0.1) is 5.92 Å². The van der Waals surface area contributed by atoms with Crippen molar-refractivity contribution in [1.82, 2.24) is 14.7 Å². The van der Waals surface area contributed by atoms with Crippen molar-refractivity contribution in [3.05, 3.63) is 46.9 Å². The van der Waals surface area contributed by atoms with Gasteiger partial charge in [0, 0.05) is 32.7 Å². The Morgan fingerprint density at radius 2 is 1.74 bits per heavy atom. The first-order chi connectivity index (χ1) is 15.0. The van der Waals surface area contributed by atoms with E-state index in [0.717, 1.165) is 38.4 Å². The monoisotopic (exact) mass is 428 g/mol. The summed E-state index contributed by atoms with van der Waals surface area (Å²) in [5, 5.41) is 4.47. The van der Waals surface area contributed by atoms with Crippen LogP contribution in [0.25, 0.3) is 5.69 Å². The number of piperazine rings is 1. The van der Waals surface area contributed by atoms with E-state index in [4.69, 9.17) is 4.74 Å². The number of halogens is 1. The van der Waals surface area contributed by atoms with Crippen molar-refractivity contribution < 1.29 is 9.13 Å². The molecule has 0 radical (unpaired) electrons. The van der Waals surface area contributed by atoms with E-state index in [1.165, 1.54) is 4.68 Å². The van der Waals surface area contributed by atoms with Crippen LogP contribution in [-0.2, 0) is 0 Å². The second kappa shape index (κ2) is 9.81. The normalized spacial score (nSPS) is 22.6. The fourth-order valence-corrected chi connectivity index (χ4v) is 4.51. The smallest absolute Gasteiger partial charge is 0.316 e. The molecule has 6 nitrogen and oxygen atoms in total. The van der Waals surface area contributed by atoms with Crippen molar-refractivity contribution in [2.24, 2.45) is 5.92 Å². The number of ether oxygens (including phenoxy) is 1. The molecule has 0 atom stereocenters. The molecule has 2 aromatic rings. The van der Waals surface area contributed by atoms with E-state index in [1.54, 1.807) is 6.20 Å². The van der Waals surface area contributed by atoms with Crippen molar-refractivity contribution >= 4 is 5.69 Å². The van der Waals surface area contributed by atoms with Crippen LogP contribution in [0.2, 0.25) is 0 Å². The first-order valence-electron chi connectivity index (χ1n) is 11.5. The number of nitrogens with zero attached hydrogens (tertiary/aromatic N) is 4. The fourth-order valence-electron chi connectivity index (χ4n) is 4.51. The molecule has 2 heterocycles. The minimum Gasteiger partial charge on any atom is -0.483 e. The Morgan fingerprint density at radius 3 is 2.39 bits per heavy atom. The lowest BCUT2D eigenvalue weighted by atomic mass is 9.96. The van der Waals surface area contributed by atoms with Gasteiger partial charge in [-0.1, -0.05) is 32.0 Å². The van der Waals surface area contributed by atoms with E-state index in [1.807, 2.05) is 30.3 Å². The lowest BCUT2D eigenvalue weighted by molar-refractivity contribution is 0.111. The van der Waals surface area contributed by atoms with Crippen molar-refractivity contribution in [3.63, 3.8) is 0 Å². The van der Waals surface area contributed by atoms with Gasteiger partial charge in [-0.3, -0.25) is 9.69 Å². The number of rotatable bonds is 6. The lowest BCUT2D eigenvalue weighted by Crippen LogP contribution is -2.48. The van der Waals surface area contributed by atoms with Gasteiger partial charge in [0.2, 0.25) is 5.75 Å². The van der Waals surface area contributed by atoms with Gasteiger partial charge in [-0.2, -0.15) is 9.78 Å². The Morgan fingerprint density at radius 1 is 1.06 bits per heavy atom. The first kappa shape index (κ1) is 21.8. The average molecular weight is 429 g/mol. The van der Waals surface area contributed by atoms with E-state index in [2.05, 4.69) is 28.7 Å². The standard InChI is InChI=1S/C24H33FN4O2/c1-18(2)17-27-12-14-28(15-13-27)22-16-26-29(20-6-4-3-5-7-20)24(30)23(22)31-21-10-8-19(25)9-11-21/h3-7,16,18-19,21H,8-15,17H2,1-2H3. The van der Waals surface area contributed by atoms with E-state index in [-0.39, 0.29) is 11.7 Å². The summed E-state index contributed by atoms with van der Waals surface area (Å²) in [6.07, 6.45) is 3.12. The summed E-state index contributed by atoms with van der Waals surface area (Å²) in [5.41, 5.74) is 1.21. The Bertz CT molecular complexity index is 902. The predicted octanol–water partition coefficient (Wildman–Crippen LogP) is 3.67. The van der Waals surface area contributed by atoms with Crippen LogP contribution < -0.4 is 15.2 Å². The highest BCUT2D eigenvalue weighted by Gasteiger charge is 2.28. The number of hydrogen-bond donors (Lipinski definition) is 0. The first-order valence-corrected chi connectivity index (χ1v) is 11.5. The SMILES string of the molecule is CC(C)CN1CCN(c2cnn(-c3ccccc3)c(=O)c2OC2CCC(F)CC2)CC1. The molecule has 0 spiro atoms. The van der Waals surface area contributed by atoms with Gasteiger partial charge in [-0.05, 0) is 43.7 Å². The van der Waals surface area contributed by atoms with Gasteiger partial charge in [0.15, 0.2) is 0 Å². The van der Waals surface area contributed by atoms with Crippen LogP contribution in [0.4, 0.5) is 10.1 Å². The molecule has 2 aliphatic rings. The Kier molecular flexibility index (Phi) is 6.90. The summed E-state index contributed by atoms with van der Waals surface area (Å²) >= 11 is 0. The largest absolute Gasteiger partial charge is 0.483 e. The maximum Gasteiger partial charge on any atom is 0.316 e. The van der Waals surface area contributed by atoms with Crippen LogP contribution >= 0.6 is 0 Å². The maximum absolute atomic E-state index is 13.6. The minimum atomic E-state index is -0.758. The Hall–Kier alpha value is -2.41. The number of benzene rings is 1. The molecule has 7 heteroatoms. The topological polar surface area (TPSA) is 50.6 Å². The number of para-hydroxylation sites is 1. The molecule has 0 unspecified atom stereocenters. The van der Waals surface area contributed by atoms with E-state index < -0.39 is 6.17 Å². The zero-order chi connectivity index (χ0) is 21.8. The second-order valence-electron chi connectivity index (χ2n) is 9.08. The third-order valence-corrected chi connectivity index (χ3v) is 6.14. The van der Waals surface area contributed by atoms with Gasteiger partial charge in [0.05, 0.1) is 18.0 Å². The molecule has 1 aliphatic heterocycles. The molecule has 168 valence electrons. The molecule has 1 saturated carbocycles. The van der Waals surface area contributed by atoms with E-state index in [9.17, 15) is 9.18 Å². The predicted molar refractivity (Wildman–Crippen MR) is 121 cm³/mol. The minimum absolute atomic E-state index is 0.132.